The second-order valence-corrected chi connectivity index (χ2v) is 8.96. The van der Waals surface area contributed by atoms with Gasteiger partial charge in [-0.1, -0.05) is 60.7 Å². The van der Waals surface area contributed by atoms with E-state index < -0.39 is 12.2 Å². The van der Waals surface area contributed by atoms with Crippen LogP contribution in [0.2, 0.25) is 0 Å². The van der Waals surface area contributed by atoms with Gasteiger partial charge in [0.05, 0.1) is 12.2 Å². The first-order valence-electron chi connectivity index (χ1n) is 9.28. The molecular weight excluding hydrogens is 384 g/mol. The van der Waals surface area contributed by atoms with Crippen molar-refractivity contribution in [3.63, 3.8) is 0 Å². The Bertz CT molecular complexity index is 993. The highest BCUT2D eigenvalue weighted by molar-refractivity contribution is 7.99. The molecule has 0 aromatic heterocycles. The monoisotopic (exact) mass is 406 g/mol. The average Bonchev–Trinajstić information content (AvgIpc) is 2.75. The van der Waals surface area contributed by atoms with E-state index in [4.69, 9.17) is 0 Å². The van der Waals surface area contributed by atoms with Gasteiger partial charge in [0.1, 0.15) is 0 Å². The third-order valence-corrected chi connectivity index (χ3v) is 6.92. The van der Waals surface area contributed by atoms with Gasteiger partial charge < -0.3 is 10.2 Å². The predicted octanol–water partition coefficient (Wildman–Crippen LogP) is 5.60. The van der Waals surface area contributed by atoms with Crippen LogP contribution in [-0.4, -0.2) is 33.9 Å². The summed E-state index contributed by atoms with van der Waals surface area (Å²) in [7, 11) is 0. The highest BCUT2D eigenvalue weighted by Crippen LogP contribution is 2.27. The maximum Gasteiger partial charge on any atom is 0.0901 e. The number of fused-ring (bicyclic) bond motifs is 2. The molecular formula is C24H22O2S2. The van der Waals surface area contributed by atoms with E-state index in [1.807, 2.05) is 24.3 Å². The number of hydrogen-bond acceptors (Lipinski definition) is 4. The lowest BCUT2D eigenvalue weighted by molar-refractivity contribution is 0.0500. The van der Waals surface area contributed by atoms with Crippen molar-refractivity contribution in [2.75, 3.05) is 11.5 Å². The predicted molar refractivity (Wildman–Crippen MR) is 121 cm³/mol. The number of aliphatic hydroxyl groups excluding tert-OH is 2. The molecule has 0 aliphatic heterocycles. The van der Waals surface area contributed by atoms with Gasteiger partial charge in [0.25, 0.3) is 0 Å². The molecule has 0 fully saturated rings. The molecule has 0 heterocycles. The van der Waals surface area contributed by atoms with Gasteiger partial charge in [-0.2, -0.15) is 0 Å². The van der Waals surface area contributed by atoms with Gasteiger partial charge in [0, 0.05) is 21.3 Å². The number of hydrogen-bond donors (Lipinski definition) is 2. The Hall–Kier alpha value is -1.98. The summed E-state index contributed by atoms with van der Waals surface area (Å²) in [5, 5.41) is 25.5. The second-order valence-electron chi connectivity index (χ2n) is 6.77. The van der Waals surface area contributed by atoms with Crippen LogP contribution in [-0.2, 0) is 0 Å². The third-order valence-electron chi connectivity index (χ3n) is 4.73. The topological polar surface area (TPSA) is 40.5 Å². The SMILES string of the molecule is O[C@@H](CSc1ccc2ccccc2c1)[C@@H](O)CSc1ccc2ccccc2c1. The fourth-order valence-electron chi connectivity index (χ4n) is 3.10. The zero-order valence-corrected chi connectivity index (χ0v) is 17.0. The van der Waals surface area contributed by atoms with E-state index in [1.54, 1.807) is 23.5 Å². The Morgan fingerprint density at radius 2 is 0.929 bits per heavy atom. The van der Waals surface area contributed by atoms with Crippen LogP contribution in [0.1, 0.15) is 0 Å². The molecule has 2 atom stereocenters. The summed E-state index contributed by atoms with van der Waals surface area (Å²) >= 11 is 3.15. The van der Waals surface area contributed by atoms with Crippen molar-refractivity contribution in [3.8, 4) is 0 Å². The molecule has 4 heteroatoms. The van der Waals surface area contributed by atoms with Gasteiger partial charge >= 0.3 is 0 Å². The fourth-order valence-corrected chi connectivity index (χ4v) is 5.02. The molecule has 0 unspecified atom stereocenters. The maximum atomic E-state index is 10.4. The third kappa shape index (κ3) is 4.70. The molecule has 4 aromatic carbocycles. The van der Waals surface area contributed by atoms with E-state index in [9.17, 15) is 10.2 Å². The molecule has 0 radical (unpaired) electrons. The first-order valence-corrected chi connectivity index (χ1v) is 11.3. The molecule has 0 bridgehead atoms. The quantitative estimate of drug-likeness (QED) is 0.392. The Morgan fingerprint density at radius 3 is 1.36 bits per heavy atom. The highest BCUT2D eigenvalue weighted by atomic mass is 32.2. The van der Waals surface area contributed by atoms with Crippen LogP contribution >= 0.6 is 23.5 Å². The summed E-state index contributed by atoms with van der Waals surface area (Å²) in [6.07, 6.45) is -1.52. The van der Waals surface area contributed by atoms with E-state index in [0.717, 1.165) is 9.79 Å². The maximum absolute atomic E-state index is 10.4. The molecule has 4 rings (SSSR count). The van der Waals surface area contributed by atoms with Gasteiger partial charge in [0.15, 0.2) is 0 Å². The van der Waals surface area contributed by atoms with Gasteiger partial charge in [-0.05, 0) is 45.8 Å². The van der Waals surface area contributed by atoms with Crippen LogP contribution in [0, 0.1) is 0 Å². The Morgan fingerprint density at radius 1 is 0.536 bits per heavy atom. The summed E-state index contributed by atoms with van der Waals surface area (Å²) in [4.78, 5) is 2.21. The van der Waals surface area contributed by atoms with Gasteiger partial charge in [0.2, 0.25) is 0 Å². The van der Waals surface area contributed by atoms with Crippen LogP contribution in [0.4, 0.5) is 0 Å². The van der Waals surface area contributed by atoms with Crippen LogP contribution in [0.25, 0.3) is 21.5 Å². The number of benzene rings is 4. The fraction of sp³-hybridized carbons (Fsp3) is 0.167. The van der Waals surface area contributed by atoms with Crippen LogP contribution < -0.4 is 0 Å². The second kappa shape index (κ2) is 9.01. The van der Waals surface area contributed by atoms with E-state index in [0.29, 0.717) is 11.5 Å². The van der Waals surface area contributed by atoms with Crippen LogP contribution in [0.15, 0.2) is 94.7 Å². The summed E-state index contributed by atoms with van der Waals surface area (Å²) in [6.45, 7) is 0. The molecule has 0 aliphatic rings. The lowest BCUT2D eigenvalue weighted by atomic mass is 10.1. The van der Waals surface area contributed by atoms with Crippen molar-refractivity contribution in [2.24, 2.45) is 0 Å². The lowest BCUT2D eigenvalue weighted by Crippen LogP contribution is -2.30. The van der Waals surface area contributed by atoms with E-state index in [-0.39, 0.29) is 0 Å². The van der Waals surface area contributed by atoms with E-state index in [1.165, 1.54) is 21.5 Å². The average molecular weight is 407 g/mol. The van der Waals surface area contributed by atoms with Crippen LogP contribution in [0.3, 0.4) is 0 Å². The molecule has 0 amide bonds. The van der Waals surface area contributed by atoms with Gasteiger partial charge in [-0.25, -0.2) is 0 Å². The van der Waals surface area contributed by atoms with E-state index >= 15 is 0 Å². The Balaban J connectivity index is 1.31. The molecule has 0 aliphatic carbocycles. The largest absolute Gasteiger partial charge is 0.390 e. The zero-order valence-electron chi connectivity index (χ0n) is 15.4. The lowest BCUT2D eigenvalue weighted by Gasteiger charge is -2.17. The highest BCUT2D eigenvalue weighted by Gasteiger charge is 2.17. The Labute approximate surface area is 173 Å². The number of rotatable bonds is 7. The summed E-state index contributed by atoms with van der Waals surface area (Å²) < 4.78 is 0. The van der Waals surface area contributed by atoms with Crippen molar-refractivity contribution in [1.29, 1.82) is 0 Å². The minimum absolute atomic E-state index is 0.470. The van der Waals surface area contributed by atoms with E-state index in [2.05, 4.69) is 60.7 Å². The molecule has 4 aromatic rings. The van der Waals surface area contributed by atoms with Gasteiger partial charge in [-0.3, -0.25) is 0 Å². The van der Waals surface area contributed by atoms with Crippen LogP contribution in [0.5, 0.6) is 0 Å². The molecule has 0 saturated heterocycles. The zero-order chi connectivity index (χ0) is 19.3. The minimum atomic E-state index is -0.760. The molecule has 142 valence electrons. The molecule has 0 spiro atoms. The van der Waals surface area contributed by atoms with Crippen molar-refractivity contribution >= 4 is 45.1 Å². The molecule has 0 saturated carbocycles. The summed E-state index contributed by atoms with van der Waals surface area (Å²) in [6, 6.07) is 29.0. The normalized spacial score (nSPS) is 13.6. The summed E-state index contributed by atoms with van der Waals surface area (Å²) in [5.41, 5.74) is 0. The number of aliphatic hydroxyl groups is 2. The minimum Gasteiger partial charge on any atom is -0.390 e. The first-order chi connectivity index (χ1) is 13.7. The van der Waals surface area contributed by atoms with Crippen molar-refractivity contribution in [3.05, 3.63) is 84.9 Å². The summed E-state index contributed by atoms with van der Waals surface area (Å²) in [5.74, 6) is 0.940. The van der Waals surface area contributed by atoms with Crippen molar-refractivity contribution in [1.82, 2.24) is 0 Å². The number of thioether (sulfide) groups is 2. The molecule has 28 heavy (non-hydrogen) atoms. The van der Waals surface area contributed by atoms with Gasteiger partial charge in [-0.15, -0.1) is 23.5 Å². The molecule has 2 nitrogen and oxygen atoms in total. The van der Waals surface area contributed by atoms with Crippen molar-refractivity contribution < 1.29 is 10.2 Å². The standard InChI is InChI=1S/C24H22O2S2/c25-23(15-27-21-11-9-17-5-1-3-7-19(17)13-21)24(26)16-28-22-12-10-18-6-2-4-8-20(18)14-22/h1-14,23-26H,15-16H2/t23-,24-/m0/s1. The first kappa shape index (κ1) is 19.3. The van der Waals surface area contributed by atoms with Crippen molar-refractivity contribution in [2.45, 2.75) is 22.0 Å². The smallest absolute Gasteiger partial charge is 0.0901 e. The Kier molecular flexibility index (Phi) is 6.23. The molecule has 2 N–H and O–H groups in total.